The van der Waals surface area contributed by atoms with E-state index in [4.69, 9.17) is 0 Å². The molecule has 1 saturated heterocycles. The molecule has 1 atom stereocenters. The van der Waals surface area contributed by atoms with Gasteiger partial charge in [0.15, 0.2) is 0 Å². The van der Waals surface area contributed by atoms with Crippen LogP contribution in [0, 0.1) is 6.92 Å². The zero-order valence-corrected chi connectivity index (χ0v) is 25.4. The highest BCUT2D eigenvalue weighted by molar-refractivity contribution is 7.98. The molecule has 0 aromatic heterocycles. The van der Waals surface area contributed by atoms with Crippen molar-refractivity contribution in [3.63, 3.8) is 0 Å². The maximum atomic E-state index is 13.8. The number of carbonyl (C=O) groups is 1. The van der Waals surface area contributed by atoms with Gasteiger partial charge in [-0.3, -0.25) is 4.79 Å². The van der Waals surface area contributed by atoms with Crippen molar-refractivity contribution >= 4 is 43.4 Å². The number of nitrogens with zero attached hydrogens (tertiary/aromatic N) is 2. The molecule has 0 radical (unpaired) electrons. The van der Waals surface area contributed by atoms with Gasteiger partial charge in [-0.05, 0) is 60.5 Å². The van der Waals surface area contributed by atoms with Gasteiger partial charge in [0.2, 0.25) is 26.0 Å². The third kappa shape index (κ3) is 6.61. The number of thioether (sulfide) groups is 1. The standard InChI is InChI=1S/C31H31N3O5S3/c1-24-21-25(23-40-26-11-5-2-6-12-26)17-18-29(24)32-31(35)30-22-33(41(36,37)27-13-7-3-8-14-27)19-20-34(30)42(38,39)28-15-9-4-10-16-28/h2-18,21,30H,19-20,22-23H2,1H3,(H,32,35)/t30-/m0/s1. The number of amides is 1. The summed E-state index contributed by atoms with van der Waals surface area (Å²) in [5, 5.41) is 2.87. The summed E-state index contributed by atoms with van der Waals surface area (Å²) in [6.07, 6.45) is 0. The lowest BCUT2D eigenvalue weighted by Crippen LogP contribution is -2.60. The predicted octanol–water partition coefficient (Wildman–Crippen LogP) is 4.99. The lowest BCUT2D eigenvalue weighted by molar-refractivity contribution is -0.120. The number of carbonyl (C=O) groups excluding carboxylic acids is 1. The summed E-state index contributed by atoms with van der Waals surface area (Å²) in [4.78, 5) is 15.0. The van der Waals surface area contributed by atoms with Gasteiger partial charge in [-0.15, -0.1) is 11.8 Å². The van der Waals surface area contributed by atoms with E-state index in [9.17, 15) is 21.6 Å². The monoisotopic (exact) mass is 621 g/mol. The fraction of sp³-hybridized carbons (Fsp3) is 0.194. The lowest BCUT2D eigenvalue weighted by Gasteiger charge is -2.39. The van der Waals surface area contributed by atoms with E-state index in [1.54, 1.807) is 54.2 Å². The minimum atomic E-state index is -4.08. The third-order valence-corrected chi connectivity index (χ3v) is 11.9. The molecule has 1 aliphatic heterocycles. The molecule has 218 valence electrons. The summed E-state index contributed by atoms with van der Waals surface area (Å²) in [7, 11) is -8.03. The van der Waals surface area contributed by atoms with Crippen molar-refractivity contribution in [1.82, 2.24) is 8.61 Å². The molecule has 1 fully saturated rings. The summed E-state index contributed by atoms with van der Waals surface area (Å²) < 4.78 is 56.4. The Kier molecular flexibility index (Phi) is 9.14. The van der Waals surface area contributed by atoms with Gasteiger partial charge in [-0.2, -0.15) is 8.61 Å². The number of sulfonamides is 2. The molecule has 0 unspecified atom stereocenters. The van der Waals surface area contributed by atoms with E-state index in [1.165, 1.54) is 28.6 Å². The number of nitrogens with one attached hydrogen (secondary N) is 1. The minimum absolute atomic E-state index is 0.0404. The fourth-order valence-electron chi connectivity index (χ4n) is 4.79. The van der Waals surface area contributed by atoms with Gasteiger partial charge < -0.3 is 5.32 Å². The number of hydrogen-bond acceptors (Lipinski definition) is 6. The van der Waals surface area contributed by atoms with Crippen molar-refractivity contribution in [2.75, 3.05) is 25.0 Å². The average Bonchev–Trinajstić information content (AvgIpc) is 3.02. The van der Waals surface area contributed by atoms with Crippen molar-refractivity contribution in [3.05, 3.63) is 120 Å². The van der Waals surface area contributed by atoms with Crippen LogP contribution in [0.3, 0.4) is 0 Å². The molecule has 1 amide bonds. The molecule has 5 rings (SSSR count). The van der Waals surface area contributed by atoms with Gasteiger partial charge in [0.1, 0.15) is 6.04 Å². The van der Waals surface area contributed by atoms with Gasteiger partial charge in [-0.1, -0.05) is 66.7 Å². The van der Waals surface area contributed by atoms with Gasteiger partial charge in [0.05, 0.1) is 9.79 Å². The Labute approximate surface area is 251 Å². The van der Waals surface area contributed by atoms with Crippen LogP contribution in [0.2, 0.25) is 0 Å². The first-order chi connectivity index (χ1) is 20.2. The molecule has 0 spiro atoms. The van der Waals surface area contributed by atoms with E-state index < -0.39 is 32.0 Å². The van der Waals surface area contributed by atoms with E-state index >= 15 is 0 Å². The van der Waals surface area contributed by atoms with Crippen molar-refractivity contribution in [2.24, 2.45) is 0 Å². The summed E-state index contributed by atoms with van der Waals surface area (Å²) in [5.74, 6) is 0.147. The van der Waals surface area contributed by atoms with Crippen LogP contribution in [0.1, 0.15) is 11.1 Å². The Morgan fingerprint density at radius 3 is 1.95 bits per heavy atom. The van der Waals surface area contributed by atoms with Crippen LogP contribution in [0.5, 0.6) is 0 Å². The normalized spacial score (nSPS) is 16.6. The number of aryl methyl sites for hydroxylation is 1. The van der Waals surface area contributed by atoms with E-state index in [2.05, 4.69) is 5.32 Å². The third-order valence-electron chi connectivity index (χ3n) is 7.02. The maximum absolute atomic E-state index is 13.8. The largest absolute Gasteiger partial charge is 0.324 e. The Morgan fingerprint density at radius 1 is 0.786 bits per heavy atom. The second-order valence-electron chi connectivity index (χ2n) is 9.86. The second kappa shape index (κ2) is 12.8. The second-order valence-corrected chi connectivity index (χ2v) is 14.7. The smallest absolute Gasteiger partial charge is 0.244 e. The number of benzene rings is 4. The van der Waals surface area contributed by atoms with E-state index in [1.807, 2.05) is 49.4 Å². The molecule has 42 heavy (non-hydrogen) atoms. The first-order valence-electron chi connectivity index (χ1n) is 13.4. The first-order valence-corrected chi connectivity index (χ1v) is 17.2. The molecule has 0 saturated carbocycles. The molecular formula is C31H31N3O5S3. The zero-order valence-electron chi connectivity index (χ0n) is 23.0. The quantitative estimate of drug-likeness (QED) is 0.264. The Balaban J connectivity index is 1.40. The van der Waals surface area contributed by atoms with Gasteiger partial charge in [-0.25, -0.2) is 16.8 Å². The molecule has 4 aromatic carbocycles. The minimum Gasteiger partial charge on any atom is -0.324 e. The summed E-state index contributed by atoms with van der Waals surface area (Å²) >= 11 is 1.70. The number of hydrogen-bond donors (Lipinski definition) is 1. The van der Waals surface area contributed by atoms with Gasteiger partial charge >= 0.3 is 0 Å². The molecule has 8 nitrogen and oxygen atoms in total. The molecule has 11 heteroatoms. The van der Waals surface area contributed by atoms with E-state index in [0.717, 1.165) is 26.1 Å². The number of rotatable bonds is 9. The molecule has 1 aliphatic rings. The Morgan fingerprint density at radius 2 is 1.36 bits per heavy atom. The Bertz CT molecular complexity index is 1750. The molecular weight excluding hydrogens is 591 g/mol. The van der Waals surface area contributed by atoms with Crippen molar-refractivity contribution in [1.29, 1.82) is 0 Å². The van der Waals surface area contributed by atoms with Crippen LogP contribution < -0.4 is 5.32 Å². The number of piperazine rings is 1. The van der Waals surface area contributed by atoms with Crippen LogP contribution in [-0.4, -0.2) is 57.0 Å². The van der Waals surface area contributed by atoms with Crippen LogP contribution in [0.25, 0.3) is 0 Å². The summed E-state index contributed by atoms with van der Waals surface area (Å²) in [6.45, 7) is 1.30. The van der Waals surface area contributed by atoms with Gasteiger partial charge in [0, 0.05) is 36.0 Å². The number of anilines is 1. The van der Waals surface area contributed by atoms with Gasteiger partial charge in [0.25, 0.3) is 0 Å². The van der Waals surface area contributed by atoms with E-state index in [-0.39, 0.29) is 29.4 Å². The van der Waals surface area contributed by atoms with E-state index in [0.29, 0.717) is 5.69 Å². The molecule has 0 bridgehead atoms. The fourth-order valence-corrected chi connectivity index (χ4v) is 8.70. The zero-order chi connectivity index (χ0) is 29.7. The lowest BCUT2D eigenvalue weighted by atomic mass is 10.1. The van der Waals surface area contributed by atoms with Crippen molar-refractivity contribution in [2.45, 2.75) is 33.4 Å². The average molecular weight is 622 g/mol. The predicted molar refractivity (Wildman–Crippen MR) is 165 cm³/mol. The van der Waals surface area contributed by atoms with Crippen LogP contribution in [0.15, 0.2) is 124 Å². The van der Waals surface area contributed by atoms with Crippen molar-refractivity contribution < 1.29 is 21.6 Å². The summed E-state index contributed by atoms with van der Waals surface area (Å²) in [5.41, 5.74) is 2.43. The highest BCUT2D eigenvalue weighted by atomic mass is 32.2. The molecule has 1 heterocycles. The van der Waals surface area contributed by atoms with Crippen LogP contribution >= 0.6 is 11.8 Å². The first kappa shape index (κ1) is 30.0. The summed E-state index contributed by atoms with van der Waals surface area (Å²) in [6, 6.07) is 30.3. The highest BCUT2D eigenvalue weighted by Gasteiger charge is 2.43. The maximum Gasteiger partial charge on any atom is 0.244 e. The molecule has 4 aromatic rings. The SMILES string of the molecule is Cc1cc(CSc2ccccc2)ccc1NC(=O)[C@@H]1CN(S(=O)(=O)c2ccccc2)CCN1S(=O)(=O)c1ccccc1. The molecule has 1 N–H and O–H groups in total. The highest BCUT2D eigenvalue weighted by Crippen LogP contribution is 2.28. The topological polar surface area (TPSA) is 104 Å². The van der Waals surface area contributed by atoms with Crippen LogP contribution in [0.4, 0.5) is 5.69 Å². The van der Waals surface area contributed by atoms with Crippen LogP contribution in [-0.2, 0) is 30.6 Å². The van der Waals surface area contributed by atoms with Crippen molar-refractivity contribution in [3.8, 4) is 0 Å². The Hall–Kier alpha value is -3.48. The molecule has 0 aliphatic carbocycles.